The van der Waals surface area contributed by atoms with Crippen LogP contribution in [0.4, 0.5) is 0 Å². The summed E-state index contributed by atoms with van der Waals surface area (Å²) in [5, 5.41) is 17.0. The molecule has 29 heavy (non-hydrogen) atoms. The Morgan fingerprint density at radius 2 is 1.62 bits per heavy atom. The minimum absolute atomic E-state index is 0.0219. The maximum absolute atomic E-state index is 5.39. The van der Waals surface area contributed by atoms with Gasteiger partial charge in [0.2, 0.25) is 0 Å². The van der Waals surface area contributed by atoms with Gasteiger partial charge >= 0.3 is 0 Å². The molecule has 1 unspecified atom stereocenters. The second-order valence-corrected chi connectivity index (χ2v) is 10.7. The summed E-state index contributed by atoms with van der Waals surface area (Å²) in [4.78, 5) is 0. The molecular formula is C23H33N5O. The predicted molar refractivity (Wildman–Crippen MR) is 112 cm³/mol. The van der Waals surface area contributed by atoms with Crippen LogP contribution in [0.1, 0.15) is 76.7 Å². The van der Waals surface area contributed by atoms with Gasteiger partial charge in [0.25, 0.3) is 0 Å². The molecule has 1 heterocycles. The minimum atomic E-state index is -0.174. The summed E-state index contributed by atoms with van der Waals surface area (Å²) in [6.07, 6.45) is 8.20. The van der Waals surface area contributed by atoms with Crippen LogP contribution >= 0.6 is 0 Å². The second-order valence-electron chi connectivity index (χ2n) is 10.7. The van der Waals surface area contributed by atoms with Gasteiger partial charge < -0.3 is 4.74 Å². The first-order valence-electron chi connectivity index (χ1n) is 11.1. The molecule has 0 aliphatic heterocycles. The number of methoxy groups -OCH3 is 1. The summed E-state index contributed by atoms with van der Waals surface area (Å²) < 4.78 is 7.37. The summed E-state index contributed by atoms with van der Waals surface area (Å²) in [7, 11) is 1.71. The van der Waals surface area contributed by atoms with Gasteiger partial charge in [0.1, 0.15) is 5.75 Å². The van der Waals surface area contributed by atoms with Crippen molar-refractivity contribution >= 4 is 0 Å². The van der Waals surface area contributed by atoms with E-state index in [4.69, 9.17) is 4.74 Å². The zero-order chi connectivity index (χ0) is 20.2. The van der Waals surface area contributed by atoms with Crippen LogP contribution in [0.25, 0.3) is 0 Å². The normalized spacial score (nSPS) is 31.8. The molecule has 4 bridgehead atoms. The van der Waals surface area contributed by atoms with Crippen molar-refractivity contribution in [3.63, 3.8) is 0 Å². The van der Waals surface area contributed by atoms with Crippen LogP contribution in [0.15, 0.2) is 24.3 Å². The SMILES string of the molecule is COc1ccc(C(NC23CC4CC(CC(C4)C2)C3)c2nnnn2C(C)(C)C)cc1. The monoisotopic (exact) mass is 395 g/mol. The van der Waals surface area contributed by atoms with Gasteiger partial charge in [-0.2, -0.15) is 0 Å². The molecule has 4 aliphatic rings. The molecule has 156 valence electrons. The van der Waals surface area contributed by atoms with Crippen molar-refractivity contribution in [2.24, 2.45) is 17.8 Å². The van der Waals surface area contributed by atoms with E-state index in [9.17, 15) is 0 Å². The molecule has 2 aromatic rings. The van der Waals surface area contributed by atoms with Gasteiger partial charge in [0, 0.05) is 5.54 Å². The first-order valence-corrected chi connectivity index (χ1v) is 11.1. The number of tetrazole rings is 1. The van der Waals surface area contributed by atoms with Crippen molar-refractivity contribution in [1.29, 1.82) is 0 Å². The molecule has 6 heteroatoms. The third kappa shape index (κ3) is 3.45. The zero-order valence-electron chi connectivity index (χ0n) is 18.1. The van der Waals surface area contributed by atoms with Gasteiger partial charge in [-0.1, -0.05) is 12.1 Å². The quantitative estimate of drug-likeness (QED) is 0.826. The average Bonchev–Trinajstić information content (AvgIpc) is 3.15. The summed E-state index contributed by atoms with van der Waals surface area (Å²) in [6.45, 7) is 6.47. The van der Waals surface area contributed by atoms with Crippen molar-refractivity contribution in [1.82, 2.24) is 25.5 Å². The Hall–Kier alpha value is -1.95. The highest BCUT2D eigenvalue weighted by molar-refractivity contribution is 5.32. The smallest absolute Gasteiger partial charge is 0.173 e. The maximum Gasteiger partial charge on any atom is 0.173 e. The second kappa shape index (κ2) is 6.79. The fraction of sp³-hybridized carbons (Fsp3) is 0.696. The van der Waals surface area contributed by atoms with E-state index in [1.807, 2.05) is 16.8 Å². The van der Waals surface area contributed by atoms with Crippen molar-refractivity contribution < 1.29 is 4.74 Å². The van der Waals surface area contributed by atoms with Gasteiger partial charge in [-0.25, -0.2) is 4.68 Å². The van der Waals surface area contributed by atoms with E-state index in [1.165, 1.54) is 44.1 Å². The number of rotatable bonds is 5. The lowest BCUT2D eigenvalue weighted by Crippen LogP contribution is -2.59. The average molecular weight is 396 g/mol. The molecule has 0 amide bonds. The van der Waals surface area contributed by atoms with Gasteiger partial charge in [-0.05, 0) is 105 Å². The number of benzene rings is 1. The first kappa shape index (κ1) is 19.0. The van der Waals surface area contributed by atoms with E-state index < -0.39 is 0 Å². The number of nitrogens with one attached hydrogen (secondary N) is 1. The lowest BCUT2D eigenvalue weighted by Gasteiger charge is -2.58. The zero-order valence-corrected chi connectivity index (χ0v) is 18.1. The van der Waals surface area contributed by atoms with Crippen LogP contribution < -0.4 is 10.1 Å². The van der Waals surface area contributed by atoms with Crippen LogP contribution in [0.3, 0.4) is 0 Å². The Morgan fingerprint density at radius 3 is 2.14 bits per heavy atom. The molecule has 4 aliphatic carbocycles. The largest absolute Gasteiger partial charge is 0.497 e. The highest BCUT2D eigenvalue weighted by atomic mass is 16.5. The highest BCUT2D eigenvalue weighted by Gasteiger charge is 2.52. The lowest BCUT2D eigenvalue weighted by atomic mass is 9.53. The molecule has 1 aromatic carbocycles. The van der Waals surface area contributed by atoms with Gasteiger partial charge in [0.05, 0.1) is 18.7 Å². The maximum atomic E-state index is 5.39. The third-order valence-electron chi connectivity index (χ3n) is 7.33. The van der Waals surface area contributed by atoms with Crippen molar-refractivity contribution in [3.8, 4) is 5.75 Å². The van der Waals surface area contributed by atoms with Crippen LogP contribution in [-0.4, -0.2) is 32.9 Å². The number of aromatic nitrogens is 4. The Morgan fingerprint density at radius 1 is 1.03 bits per heavy atom. The molecule has 0 spiro atoms. The molecule has 4 saturated carbocycles. The predicted octanol–water partition coefficient (Wildman–Crippen LogP) is 4.08. The van der Waals surface area contributed by atoms with E-state index in [-0.39, 0.29) is 17.1 Å². The van der Waals surface area contributed by atoms with Gasteiger partial charge in [0.15, 0.2) is 5.82 Å². The molecule has 6 rings (SSSR count). The molecular weight excluding hydrogens is 362 g/mol. The summed E-state index contributed by atoms with van der Waals surface area (Å²) in [6, 6.07) is 8.35. The Balaban J connectivity index is 1.53. The van der Waals surface area contributed by atoms with E-state index in [2.05, 4.69) is 53.7 Å². The standard InChI is InChI=1S/C23H33N5O/c1-22(2,3)28-21(25-26-27-28)20(18-5-7-19(29-4)8-6-18)24-23-12-15-9-16(13-23)11-17(10-15)14-23/h5-8,15-17,20,24H,9-14H2,1-4H3. The molecule has 4 fully saturated rings. The van der Waals surface area contributed by atoms with E-state index in [0.717, 1.165) is 29.3 Å². The van der Waals surface area contributed by atoms with Gasteiger partial charge in [-0.15, -0.1) is 5.10 Å². The number of hydrogen-bond donors (Lipinski definition) is 1. The third-order valence-corrected chi connectivity index (χ3v) is 7.33. The summed E-state index contributed by atoms with van der Waals surface area (Å²) >= 11 is 0. The van der Waals surface area contributed by atoms with Crippen LogP contribution in [0.5, 0.6) is 5.75 Å². The molecule has 1 aromatic heterocycles. The topological polar surface area (TPSA) is 64.9 Å². The molecule has 6 nitrogen and oxygen atoms in total. The first-order chi connectivity index (χ1) is 13.9. The summed E-state index contributed by atoms with van der Waals surface area (Å²) in [5.41, 5.74) is 1.24. The Labute approximate surface area is 173 Å². The molecule has 1 atom stereocenters. The van der Waals surface area contributed by atoms with Crippen LogP contribution in [0, 0.1) is 17.8 Å². The molecule has 0 radical (unpaired) electrons. The lowest BCUT2D eigenvalue weighted by molar-refractivity contribution is -0.0241. The summed E-state index contributed by atoms with van der Waals surface area (Å²) in [5.74, 6) is 4.45. The van der Waals surface area contributed by atoms with E-state index in [0.29, 0.717) is 0 Å². The van der Waals surface area contributed by atoms with Crippen LogP contribution in [0.2, 0.25) is 0 Å². The van der Waals surface area contributed by atoms with Crippen molar-refractivity contribution in [3.05, 3.63) is 35.7 Å². The molecule has 1 N–H and O–H groups in total. The molecule has 0 saturated heterocycles. The Kier molecular flexibility index (Phi) is 4.46. The van der Waals surface area contributed by atoms with Crippen molar-refractivity contribution in [2.75, 3.05) is 7.11 Å². The highest BCUT2D eigenvalue weighted by Crippen LogP contribution is 2.56. The number of nitrogens with zero attached hydrogens (tertiary/aromatic N) is 4. The van der Waals surface area contributed by atoms with E-state index in [1.54, 1.807) is 7.11 Å². The number of hydrogen-bond acceptors (Lipinski definition) is 5. The number of ether oxygens (including phenoxy) is 1. The van der Waals surface area contributed by atoms with E-state index >= 15 is 0 Å². The fourth-order valence-corrected chi connectivity index (χ4v) is 6.54. The van der Waals surface area contributed by atoms with Crippen LogP contribution in [-0.2, 0) is 5.54 Å². The Bertz CT molecular complexity index is 831. The fourth-order valence-electron chi connectivity index (χ4n) is 6.54. The minimum Gasteiger partial charge on any atom is -0.497 e. The van der Waals surface area contributed by atoms with Crippen molar-refractivity contribution in [2.45, 2.75) is 76.4 Å². The van der Waals surface area contributed by atoms with Gasteiger partial charge in [-0.3, -0.25) is 5.32 Å².